The zero-order valence-electron chi connectivity index (χ0n) is 11.8. The van der Waals surface area contributed by atoms with Crippen molar-refractivity contribution in [3.63, 3.8) is 0 Å². The lowest BCUT2D eigenvalue weighted by molar-refractivity contribution is -0.155. The molecule has 2 N–H and O–H groups in total. The molecule has 0 unspecified atom stereocenters. The van der Waals surface area contributed by atoms with E-state index in [1.807, 2.05) is 7.05 Å². The van der Waals surface area contributed by atoms with Crippen molar-refractivity contribution in [2.45, 2.75) is 45.3 Å². The number of nitrogens with two attached hydrogens (primary N) is 1. The molecule has 0 amide bonds. The zero-order valence-corrected chi connectivity index (χ0v) is 12.7. The first-order valence-electron chi connectivity index (χ1n) is 6.54. The fourth-order valence-corrected chi connectivity index (χ4v) is 3.82. The number of nitrogens with zero attached hydrogens (tertiary/aromatic N) is 1. The van der Waals surface area contributed by atoms with E-state index < -0.39 is 10.0 Å². The van der Waals surface area contributed by atoms with Gasteiger partial charge in [0.2, 0.25) is 10.0 Å². The van der Waals surface area contributed by atoms with Crippen LogP contribution in [0.1, 0.15) is 33.1 Å². The van der Waals surface area contributed by atoms with Gasteiger partial charge in [0.1, 0.15) is 0 Å². The normalized spacial score (nSPS) is 27.2. The lowest BCUT2D eigenvalue weighted by atomic mass is 9.58. The summed E-state index contributed by atoms with van der Waals surface area (Å²) in [7, 11) is 0.350. The van der Waals surface area contributed by atoms with E-state index in [-0.39, 0.29) is 17.3 Å². The third-order valence-corrected chi connectivity index (χ3v) is 5.36. The molecule has 0 aromatic heterocycles. The van der Waals surface area contributed by atoms with Gasteiger partial charge >= 0.3 is 0 Å². The minimum atomic E-state index is -3.38. The summed E-state index contributed by atoms with van der Waals surface area (Å²) in [6.07, 6.45) is 3.35. The Morgan fingerprint density at radius 2 is 1.94 bits per heavy atom. The highest BCUT2D eigenvalue weighted by atomic mass is 32.2. The van der Waals surface area contributed by atoms with Crippen LogP contribution in [0.5, 0.6) is 0 Å². The number of hydrogen-bond acceptors (Lipinski definition) is 4. The monoisotopic (exact) mass is 278 g/mol. The maximum absolute atomic E-state index is 11.0. The van der Waals surface area contributed by atoms with Crippen molar-refractivity contribution in [2.24, 2.45) is 10.6 Å². The van der Waals surface area contributed by atoms with E-state index >= 15 is 0 Å². The highest BCUT2D eigenvalue weighted by molar-refractivity contribution is 7.89. The Labute approximate surface area is 111 Å². The second kappa shape index (κ2) is 5.86. The molecule has 0 aromatic carbocycles. The topological polar surface area (TPSA) is 72.6 Å². The van der Waals surface area contributed by atoms with E-state index in [2.05, 4.69) is 18.7 Å². The van der Waals surface area contributed by atoms with E-state index in [9.17, 15) is 8.42 Å². The molecule has 108 valence electrons. The van der Waals surface area contributed by atoms with Crippen LogP contribution in [0.15, 0.2) is 0 Å². The molecule has 5 nitrogen and oxygen atoms in total. The van der Waals surface area contributed by atoms with Crippen molar-refractivity contribution in [3.8, 4) is 0 Å². The van der Waals surface area contributed by atoms with E-state index in [4.69, 9.17) is 9.88 Å². The van der Waals surface area contributed by atoms with Crippen molar-refractivity contribution in [3.05, 3.63) is 0 Å². The van der Waals surface area contributed by atoms with Gasteiger partial charge in [0, 0.05) is 25.1 Å². The molecule has 2 atom stereocenters. The number of methoxy groups -OCH3 is 1. The average molecular weight is 278 g/mol. The Balaban J connectivity index is 2.66. The predicted octanol–water partition coefficient (Wildman–Crippen LogP) is 0.800. The molecule has 0 aliphatic heterocycles. The first-order chi connectivity index (χ1) is 8.30. The first kappa shape index (κ1) is 15.9. The molecule has 0 saturated heterocycles. The molecular weight excluding hydrogens is 252 g/mol. The van der Waals surface area contributed by atoms with Gasteiger partial charge in [0.05, 0.1) is 11.9 Å². The minimum Gasteiger partial charge on any atom is -0.381 e. The number of sulfonamides is 1. The quantitative estimate of drug-likeness (QED) is 0.747. The second-order valence-corrected chi connectivity index (χ2v) is 7.00. The molecule has 1 rings (SSSR count). The summed E-state index contributed by atoms with van der Waals surface area (Å²) in [4.78, 5) is 2.12. The summed E-state index contributed by atoms with van der Waals surface area (Å²) in [6.45, 7) is 4.84. The standard InChI is InChI=1S/C12H26N2O3S/c1-5-12(6-2)10(9-11(12)17-4)14(3)7-8-18(13,15)16/h10-11H,5-9H2,1-4H3,(H2,13,15,16)/t10-,11-/m0/s1. The van der Waals surface area contributed by atoms with Crippen LogP contribution < -0.4 is 5.14 Å². The van der Waals surface area contributed by atoms with E-state index in [0.29, 0.717) is 12.6 Å². The maximum Gasteiger partial charge on any atom is 0.210 e. The molecule has 1 aliphatic rings. The van der Waals surface area contributed by atoms with Crippen molar-refractivity contribution in [1.82, 2.24) is 4.90 Å². The zero-order chi connectivity index (χ0) is 14.0. The molecule has 0 aromatic rings. The fraction of sp³-hybridized carbons (Fsp3) is 1.00. The molecule has 0 heterocycles. The Morgan fingerprint density at radius 1 is 1.39 bits per heavy atom. The number of ether oxygens (including phenoxy) is 1. The van der Waals surface area contributed by atoms with E-state index in [1.165, 1.54) is 0 Å². The van der Waals surface area contributed by atoms with Crippen LogP contribution in [0.4, 0.5) is 0 Å². The van der Waals surface area contributed by atoms with Gasteiger partial charge in [-0.3, -0.25) is 0 Å². The average Bonchev–Trinajstić information content (AvgIpc) is 2.27. The third kappa shape index (κ3) is 3.04. The second-order valence-electron chi connectivity index (χ2n) is 5.26. The number of primary sulfonamides is 1. The van der Waals surface area contributed by atoms with Crippen LogP contribution in [0.25, 0.3) is 0 Å². The van der Waals surface area contributed by atoms with Gasteiger partial charge in [-0.1, -0.05) is 13.8 Å². The predicted molar refractivity (Wildman–Crippen MR) is 72.8 cm³/mol. The maximum atomic E-state index is 11.0. The van der Waals surface area contributed by atoms with Crippen molar-refractivity contribution in [1.29, 1.82) is 0 Å². The Morgan fingerprint density at radius 3 is 2.33 bits per heavy atom. The van der Waals surface area contributed by atoms with Crippen LogP contribution in [-0.2, 0) is 14.8 Å². The van der Waals surface area contributed by atoms with Gasteiger partial charge in [0.15, 0.2) is 0 Å². The fourth-order valence-electron chi connectivity index (χ4n) is 3.28. The van der Waals surface area contributed by atoms with Crippen LogP contribution >= 0.6 is 0 Å². The molecule has 1 fully saturated rings. The summed E-state index contributed by atoms with van der Waals surface area (Å²) in [5.41, 5.74) is 0.155. The van der Waals surface area contributed by atoms with Crippen LogP contribution in [0, 0.1) is 5.41 Å². The summed E-state index contributed by atoms with van der Waals surface area (Å²) in [5, 5.41) is 5.05. The van der Waals surface area contributed by atoms with Crippen LogP contribution in [0.2, 0.25) is 0 Å². The molecule has 0 radical (unpaired) electrons. The summed E-state index contributed by atoms with van der Waals surface area (Å²) >= 11 is 0. The van der Waals surface area contributed by atoms with E-state index in [1.54, 1.807) is 7.11 Å². The molecule has 0 spiro atoms. The van der Waals surface area contributed by atoms with Crippen molar-refractivity contribution >= 4 is 10.0 Å². The van der Waals surface area contributed by atoms with Crippen LogP contribution in [-0.4, -0.2) is 51.9 Å². The largest absolute Gasteiger partial charge is 0.381 e. The van der Waals surface area contributed by atoms with Gasteiger partial charge < -0.3 is 9.64 Å². The SMILES string of the molecule is CCC1(CC)[C@@H](OC)C[C@@H]1N(C)CCS(N)(=O)=O. The third-order valence-electron chi connectivity index (χ3n) is 4.60. The van der Waals surface area contributed by atoms with Crippen molar-refractivity contribution < 1.29 is 13.2 Å². The van der Waals surface area contributed by atoms with Gasteiger partial charge in [-0.05, 0) is 26.3 Å². The van der Waals surface area contributed by atoms with Crippen LogP contribution in [0.3, 0.4) is 0 Å². The van der Waals surface area contributed by atoms with Gasteiger partial charge in [-0.2, -0.15) is 0 Å². The molecule has 6 heteroatoms. The Bertz CT molecular complexity index is 366. The molecule has 18 heavy (non-hydrogen) atoms. The minimum absolute atomic E-state index is 0.0150. The lowest BCUT2D eigenvalue weighted by Crippen LogP contribution is -2.63. The summed E-state index contributed by atoms with van der Waals surface area (Å²) in [5.74, 6) is 0.0150. The number of hydrogen-bond donors (Lipinski definition) is 1. The smallest absolute Gasteiger partial charge is 0.210 e. The summed E-state index contributed by atoms with van der Waals surface area (Å²) < 4.78 is 27.6. The van der Waals surface area contributed by atoms with Crippen molar-refractivity contribution in [2.75, 3.05) is 26.5 Å². The molecule has 0 bridgehead atoms. The van der Waals surface area contributed by atoms with Gasteiger partial charge in [0.25, 0.3) is 0 Å². The Hall–Kier alpha value is -0.170. The highest BCUT2D eigenvalue weighted by Gasteiger charge is 2.54. The summed E-state index contributed by atoms with van der Waals surface area (Å²) in [6, 6.07) is 0.388. The number of rotatable bonds is 7. The van der Waals surface area contributed by atoms with Gasteiger partial charge in [-0.25, -0.2) is 13.6 Å². The molecule has 1 aliphatic carbocycles. The Kier molecular flexibility index (Phi) is 5.17. The van der Waals surface area contributed by atoms with Gasteiger partial charge in [-0.15, -0.1) is 0 Å². The van der Waals surface area contributed by atoms with E-state index in [0.717, 1.165) is 19.3 Å². The molecular formula is C12H26N2O3S. The highest BCUT2D eigenvalue weighted by Crippen LogP contribution is 2.50. The first-order valence-corrected chi connectivity index (χ1v) is 8.25. The molecule has 1 saturated carbocycles. The lowest BCUT2D eigenvalue weighted by Gasteiger charge is -2.58.